The summed E-state index contributed by atoms with van der Waals surface area (Å²) in [5, 5.41) is 2.88. The summed E-state index contributed by atoms with van der Waals surface area (Å²) in [6.07, 6.45) is 2.38. The Morgan fingerprint density at radius 2 is 2.14 bits per heavy atom. The van der Waals surface area contributed by atoms with Crippen molar-refractivity contribution >= 4 is 11.9 Å². The molecule has 0 aliphatic carbocycles. The smallest absolute Gasteiger partial charge is 0.354 e. The second-order valence-electron chi connectivity index (χ2n) is 5.04. The molecular weight excluding hydrogens is 284 g/mol. The van der Waals surface area contributed by atoms with Gasteiger partial charge >= 0.3 is 5.97 Å². The van der Waals surface area contributed by atoms with E-state index in [4.69, 9.17) is 9.15 Å². The van der Waals surface area contributed by atoms with E-state index in [0.717, 1.165) is 6.42 Å². The number of aromatic nitrogens is 1. The van der Waals surface area contributed by atoms with Crippen LogP contribution in [0.25, 0.3) is 11.5 Å². The zero-order valence-corrected chi connectivity index (χ0v) is 13.0. The number of esters is 1. The van der Waals surface area contributed by atoms with Crippen molar-refractivity contribution in [3.63, 3.8) is 0 Å². The molecule has 6 heteroatoms. The molecule has 0 radical (unpaired) electrons. The summed E-state index contributed by atoms with van der Waals surface area (Å²) in [5.74, 6) is -0.0656. The molecule has 0 aromatic carbocycles. The molecule has 1 atom stereocenters. The Labute approximate surface area is 129 Å². The van der Waals surface area contributed by atoms with E-state index >= 15 is 0 Å². The Kier molecular flexibility index (Phi) is 5.04. The van der Waals surface area contributed by atoms with Gasteiger partial charge in [0.2, 0.25) is 5.91 Å². The first-order chi connectivity index (χ1) is 10.6. The fraction of sp³-hybridized carbons (Fsp3) is 0.375. The molecule has 0 aliphatic heterocycles. The van der Waals surface area contributed by atoms with Gasteiger partial charge in [0.25, 0.3) is 0 Å². The van der Waals surface area contributed by atoms with Gasteiger partial charge in [0.15, 0.2) is 0 Å². The van der Waals surface area contributed by atoms with Crippen LogP contribution in [-0.2, 0) is 16.1 Å². The second-order valence-corrected chi connectivity index (χ2v) is 5.04. The summed E-state index contributed by atoms with van der Waals surface area (Å²) in [6, 6.07) is 6.97. The predicted molar refractivity (Wildman–Crippen MR) is 81.4 cm³/mol. The molecule has 118 valence electrons. The van der Waals surface area contributed by atoms with Crippen LogP contribution < -0.4 is 5.32 Å². The standard InChI is InChI=1S/C16H20N2O4/c1-4-11(2)17-15(19)10-18-12(14-6-5-9-22-14)7-8-13(18)16(20)21-3/h5-9,11H,4,10H2,1-3H3,(H,17,19)/t11-/m0/s1. The average Bonchev–Trinajstić information content (AvgIpc) is 3.15. The Hall–Kier alpha value is -2.50. The van der Waals surface area contributed by atoms with E-state index in [0.29, 0.717) is 17.1 Å². The van der Waals surface area contributed by atoms with Crippen LogP contribution in [0.2, 0.25) is 0 Å². The van der Waals surface area contributed by atoms with Crippen LogP contribution in [0.3, 0.4) is 0 Å². The molecule has 2 rings (SSSR count). The number of amides is 1. The Morgan fingerprint density at radius 3 is 2.73 bits per heavy atom. The number of nitrogens with one attached hydrogen (secondary N) is 1. The molecule has 0 spiro atoms. The lowest BCUT2D eigenvalue weighted by molar-refractivity contribution is -0.122. The van der Waals surface area contributed by atoms with Gasteiger partial charge in [-0.3, -0.25) is 4.79 Å². The summed E-state index contributed by atoms with van der Waals surface area (Å²) in [5.41, 5.74) is 0.970. The Bertz CT molecular complexity index is 643. The molecule has 0 saturated heterocycles. The first kappa shape index (κ1) is 15.9. The zero-order valence-electron chi connectivity index (χ0n) is 13.0. The first-order valence-corrected chi connectivity index (χ1v) is 7.17. The third-order valence-electron chi connectivity index (χ3n) is 3.47. The van der Waals surface area contributed by atoms with Gasteiger partial charge in [-0.2, -0.15) is 0 Å². The maximum absolute atomic E-state index is 12.2. The van der Waals surface area contributed by atoms with Crippen LogP contribution in [0.1, 0.15) is 30.8 Å². The fourth-order valence-corrected chi connectivity index (χ4v) is 2.13. The minimum atomic E-state index is -0.492. The summed E-state index contributed by atoms with van der Waals surface area (Å²) in [7, 11) is 1.31. The van der Waals surface area contributed by atoms with Crippen molar-refractivity contribution in [2.75, 3.05) is 7.11 Å². The first-order valence-electron chi connectivity index (χ1n) is 7.17. The normalized spacial score (nSPS) is 12.0. The molecule has 0 saturated carbocycles. The zero-order chi connectivity index (χ0) is 16.1. The van der Waals surface area contributed by atoms with Crippen LogP contribution >= 0.6 is 0 Å². The molecule has 0 unspecified atom stereocenters. The molecular formula is C16H20N2O4. The summed E-state index contributed by atoms with van der Waals surface area (Å²) >= 11 is 0. The van der Waals surface area contributed by atoms with E-state index in [9.17, 15) is 9.59 Å². The number of furan rings is 1. The molecule has 2 aromatic heterocycles. The quantitative estimate of drug-likeness (QED) is 0.832. The number of hydrogen-bond acceptors (Lipinski definition) is 4. The van der Waals surface area contributed by atoms with Gasteiger partial charge in [0, 0.05) is 6.04 Å². The highest BCUT2D eigenvalue weighted by atomic mass is 16.5. The van der Waals surface area contributed by atoms with E-state index in [1.165, 1.54) is 7.11 Å². The number of nitrogens with zero attached hydrogens (tertiary/aromatic N) is 1. The average molecular weight is 304 g/mol. The maximum atomic E-state index is 12.2. The highest BCUT2D eigenvalue weighted by Crippen LogP contribution is 2.23. The van der Waals surface area contributed by atoms with Gasteiger partial charge in [-0.15, -0.1) is 0 Å². The van der Waals surface area contributed by atoms with E-state index < -0.39 is 5.97 Å². The van der Waals surface area contributed by atoms with Gasteiger partial charge in [0.05, 0.1) is 19.1 Å². The molecule has 1 amide bonds. The van der Waals surface area contributed by atoms with Gasteiger partial charge in [-0.25, -0.2) is 4.79 Å². The lowest BCUT2D eigenvalue weighted by Crippen LogP contribution is -2.35. The van der Waals surface area contributed by atoms with Crippen LogP contribution in [0, 0.1) is 0 Å². The van der Waals surface area contributed by atoms with Crippen molar-refractivity contribution in [2.45, 2.75) is 32.9 Å². The lowest BCUT2D eigenvalue weighted by Gasteiger charge is -2.14. The minimum absolute atomic E-state index is 0.0256. The predicted octanol–water partition coefficient (Wildman–Crippen LogP) is 2.45. The number of rotatable bonds is 6. The molecule has 2 aromatic rings. The number of carbonyl (C=O) groups is 2. The van der Waals surface area contributed by atoms with Crippen molar-refractivity contribution in [1.82, 2.24) is 9.88 Å². The number of hydrogen-bond donors (Lipinski definition) is 1. The van der Waals surface area contributed by atoms with E-state index in [1.807, 2.05) is 13.8 Å². The van der Waals surface area contributed by atoms with Crippen LogP contribution in [0.4, 0.5) is 0 Å². The van der Waals surface area contributed by atoms with Crippen molar-refractivity contribution in [3.8, 4) is 11.5 Å². The van der Waals surface area contributed by atoms with Gasteiger partial charge in [0.1, 0.15) is 18.0 Å². The molecule has 22 heavy (non-hydrogen) atoms. The van der Waals surface area contributed by atoms with Crippen molar-refractivity contribution in [2.24, 2.45) is 0 Å². The molecule has 6 nitrogen and oxygen atoms in total. The summed E-state index contributed by atoms with van der Waals surface area (Å²) in [4.78, 5) is 24.0. The van der Waals surface area contributed by atoms with Gasteiger partial charge in [-0.05, 0) is 37.6 Å². The molecule has 0 bridgehead atoms. The third-order valence-corrected chi connectivity index (χ3v) is 3.47. The minimum Gasteiger partial charge on any atom is -0.464 e. The van der Waals surface area contributed by atoms with E-state index in [1.54, 1.807) is 35.1 Å². The highest BCUT2D eigenvalue weighted by molar-refractivity contribution is 5.90. The lowest BCUT2D eigenvalue weighted by atomic mass is 10.2. The number of methoxy groups -OCH3 is 1. The highest BCUT2D eigenvalue weighted by Gasteiger charge is 2.20. The SMILES string of the molecule is CC[C@H](C)NC(=O)Cn1c(C(=O)OC)ccc1-c1ccco1. The fourth-order valence-electron chi connectivity index (χ4n) is 2.13. The molecule has 1 N–H and O–H groups in total. The third kappa shape index (κ3) is 3.39. The van der Waals surface area contributed by atoms with Crippen LogP contribution in [0.15, 0.2) is 34.9 Å². The van der Waals surface area contributed by atoms with Crippen molar-refractivity contribution < 1.29 is 18.7 Å². The van der Waals surface area contributed by atoms with Crippen molar-refractivity contribution in [1.29, 1.82) is 0 Å². The monoisotopic (exact) mass is 304 g/mol. The van der Waals surface area contributed by atoms with Crippen LogP contribution in [-0.4, -0.2) is 29.6 Å². The van der Waals surface area contributed by atoms with Crippen molar-refractivity contribution in [3.05, 3.63) is 36.2 Å². The number of carbonyl (C=O) groups excluding carboxylic acids is 2. The van der Waals surface area contributed by atoms with Gasteiger partial charge in [-0.1, -0.05) is 6.92 Å². The summed E-state index contributed by atoms with van der Waals surface area (Å²) < 4.78 is 11.7. The topological polar surface area (TPSA) is 73.5 Å². The van der Waals surface area contributed by atoms with Gasteiger partial charge < -0.3 is 19.0 Å². The molecule has 2 heterocycles. The maximum Gasteiger partial charge on any atom is 0.354 e. The molecule has 0 fully saturated rings. The largest absolute Gasteiger partial charge is 0.464 e. The second kappa shape index (κ2) is 6.98. The molecule has 0 aliphatic rings. The number of ether oxygens (including phenoxy) is 1. The van der Waals surface area contributed by atoms with Crippen LogP contribution in [0.5, 0.6) is 0 Å². The van der Waals surface area contributed by atoms with E-state index in [-0.39, 0.29) is 18.5 Å². The Morgan fingerprint density at radius 1 is 1.36 bits per heavy atom. The Balaban J connectivity index is 2.32. The summed E-state index contributed by atoms with van der Waals surface area (Å²) in [6.45, 7) is 3.95. The van der Waals surface area contributed by atoms with E-state index in [2.05, 4.69) is 5.32 Å².